The van der Waals surface area contributed by atoms with E-state index in [4.69, 9.17) is 4.74 Å². The number of ether oxygens (including phenoxy) is 1. The van der Waals surface area contributed by atoms with Gasteiger partial charge in [-0.05, 0) is 38.0 Å². The van der Waals surface area contributed by atoms with Gasteiger partial charge in [-0.25, -0.2) is 0 Å². The number of para-hydroxylation sites is 3. The van der Waals surface area contributed by atoms with Crippen LogP contribution in [0.3, 0.4) is 0 Å². The number of rotatable bonds is 5. The number of hydrogen-bond acceptors (Lipinski definition) is 4. The number of carbonyl (C=O) groups is 2. The minimum Gasteiger partial charge on any atom is -0.492 e. The van der Waals surface area contributed by atoms with Crippen molar-refractivity contribution in [2.24, 2.45) is 5.92 Å². The first-order chi connectivity index (χ1) is 14.2. The molecule has 0 radical (unpaired) electrons. The molecule has 2 aromatic carbocycles. The second kappa shape index (κ2) is 8.34. The molecule has 1 aliphatic rings. The monoisotopic (exact) mass is 392 g/mol. The first-order valence-corrected chi connectivity index (χ1v) is 9.92. The Labute approximate surface area is 169 Å². The average Bonchev–Trinajstić information content (AvgIpc) is 3.19. The van der Waals surface area contributed by atoms with E-state index in [1.165, 1.54) is 0 Å². The lowest BCUT2D eigenvalue weighted by Gasteiger charge is -2.31. The Bertz CT molecular complexity index is 1020. The van der Waals surface area contributed by atoms with Crippen LogP contribution >= 0.6 is 0 Å². The number of nitrogens with zero attached hydrogens (tertiary/aromatic N) is 2. The van der Waals surface area contributed by atoms with E-state index in [0.717, 1.165) is 10.9 Å². The number of amides is 2. The van der Waals surface area contributed by atoms with Gasteiger partial charge in [-0.2, -0.15) is 5.10 Å². The first kappa shape index (κ1) is 19.0. The highest BCUT2D eigenvalue weighted by Crippen LogP contribution is 2.27. The van der Waals surface area contributed by atoms with E-state index in [1.54, 1.807) is 4.90 Å². The second-order valence-corrected chi connectivity index (χ2v) is 7.10. The van der Waals surface area contributed by atoms with Crippen LogP contribution in [0.5, 0.6) is 5.75 Å². The van der Waals surface area contributed by atoms with Crippen molar-refractivity contribution < 1.29 is 14.3 Å². The molecule has 0 bridgehead atoms. The molecule has 7 heteroatoms. The van der Waals surface area contributed by atoms with Crippen LogP contribution in [0, 0.1) is 5.92 Å². The van der Waals surface area contributed by atoms with Crippen molar-refractivity contribution in [1.29, 1.82) is 0 Å². The molecule has 2 N–H and O–H groups in total. The minimum atomic E-state index is -0.135. The number of fused-ring (bicyclic) bond motifs is 1. The predicted molar refractivity (Wildman–Crippen MR) is 111 cm³/mol. The summed E-state index contributed by atoms with van der Waals surface area (Å²) in [5, 5.41) is 10.9. The highest BCUT2D eigenvalue weighted by molar-refractivity contribution is 6.04. The topological polar surface area (TPSA) is 87.3 Å². The number of piperidine rings is 1. The zero-order chi connectivity index (χ0) is 20.2. The van der Waals surface area contributed by atoms with Gasteiger partial charge in [0.05, 0.1) is 17.8 Å². The van der Waals surface area contributed by atoms with E-state index in [1.807, 2.05) is 55.5 Å². The van der Waals surface area contributed by atoms with Gasteiger partial charge in [0, 0.05) is 24.4 Å². The van der Waals surface area contributed by atoms with Gasteiger partial charge >= 0.3 is 0 Å². The largest absolute Gasteiger partial charge is 0.492 e. The van der Waals surface area contributed by atoms with Crippen molar-refractivity contribution in [3.63, 3.8) is 0 Å². The van der Waals surface area contributed by atoms with Crippen LogP contribution in [0.4, 0.5) is 5.69 Å². The summed E-state index contributed by atoms with van der Waals surface area (Å²) in [5.41, 5.74) is 1.97. The van der Waals surface area contributed by atoms with Gasteiger partial charge in [0.25, 0.3) is 5.91 Å². The maximum atomic E-state index is 12.9. The van der Waals surface area contributed by atoms with Crippen molar-refractivity contribution in [3.05, 3.63) is 54.2 Å². The molecular weight excluding hydrogens is 368 g/mol. The quantitative estimate of drug-likeness (QED) is 0.696. The van der Waals surface area contributed by atoms with Crippen LogP contribution in [0.15, 0.2) is 48.5 Å². The van der Waals surface area contributed by atoms with Gasteiger partial charge < -0.3 is 15.0 Å². The molecule has 1 aromatic heterocycles. The number of anilines is 1. The van der Waals surface area contributed by atoms with Crippen LogP contribution in [-0.4, -0.2) is 46.6 Å². The van der Waals surface area contributed by atoms with Gasteiger partial charge in [-0.15, -0.1) is 0 Å². The van der Waals surface area contributed by atoms with Crippen LogP contribution in [0.2, 0.25) is 0 Å². The smallest absolute Gasteiger partial charge is 0.274 e. The summed E-state index contributed by atoms with van der Waals surface area (Å²) in [7, 11) is 0. The summed E-state index contributed by atoms with van der Waals surface area (Å²) in [6.45, 7) is 3.51. The number of H-pyrrole nitrogens is 1. The van der Waals surface area contributed by atoms with Gasteiger partial charge in [0.15, 0.2) is 5.69 Å². The van der Waals surface area contributed by atoms with Crippen molar-refractivity contribution in [2.75, 3.05) is 25.0 Å². The fourth-order valence-electron chi connectivity index (χ4n) is 3.71. The van der Waals surface area contributed by atoms with Crippen molar-refractivity contribution in [2.45, 2.75) is 19.8 Å². The first-order valence-electron chi connectivity index (χ1n) is 9.92. The Morgan fingerprint density at radius 2 is 1.86 bits per heavy atom. The molecule has 2 heterocycles. The molecule has 1 fully saturated rings. The molecule has 2 amide bonds. The molecule has 3 aromatic rings. The third-order valence-electron chi connectivity index (χ3n) is 5.27. The van der Waals surface area contributed by atoms with Crippen molar-refractivity contribution in [3.8, 4) is 5.75 Å². The molecule has 0 spiro atoms. The van der Waals surface area contributed by atoms with E-state index in [2.05, 4.69) is 15.5 Å². The number of benzene rings is 2. The molecule has 7 nitrogen and oxygen atoms in total. The summed E-state index contributed by atoms with van der Waals surface area (Å²) in [5.74, 6) is 0.406. The zero-order valence-electron chi connectivity index (χ0n) is 16.4. The molecule has 0 atom stereocenters. The molecule has 0 saturated carbocycles. The fraction of sp³-hybridized carbons (Fsp3) is 0.318. The molecule has 1 aliphatic heterocycles. The van der Waals surface area contributed by atoms with Gasteiger partial charge in [-0.3, -0.25) is 14.7 Å². The zero-order valence-corrected chi connectivity index (χ0v) is 16.4. The lowest BCUT2D eigenvalue weighted by molar-refractivity contribution is -0.121. The fourth-order valence-corrected chi connectivity index (χ4v) is 3.71. The van der Waals surface area contributed by atoms with Gasteiger partial charge in [0.2, 0.25) is 5.91 Å². The highest BCUT2D eigenvalue weighted by Gasteiger charge is 2.29. The second-order valence-electron chi connectivity index (χ2n) is 7.10. The third kappa shape index (κ3) is 3.94. The lowest BCUT2D eigenvalue weighted by atomic mass is 9.95. The molecule has 0 unspecified atom stereocenters. The SMILES string of the molecule is CCOc1ccccc1NC(=O)C1CCN(C(=O)c2n[nH]c3ccccc23)CC1. The molecule has 29 heavy (non-hydrogen) atoms. The average molecular weight is 392 g/mol. The Kier molecular flexibility index (Phi) is 5.46. The van der Waals surface area contributed by atoms with Gasteiger partial charge in [-0.1, -0.05) is 30.3 Å². The summed E-state index contributed by atoms with van der Waals surface area (Å²) >= 11 is 0. The minimum absolute atomic E-state index is 0.0329. The Balaban J connectivity index is 1.38. The van der Waals surface area contributed by atoms with E-state index in [-0.39, 0.29) is 17.7 Å². The number of nitrogens with one attached hydrogen (secondary N) is 2. The van der Waals surface area contributed by atoms with Gasteiger partial charge in [0.1, 0.15) is 5.75 Å². The lowest BCUT2D eigenvalue weighted by Crippen LogP contribution is -2.41. The molecule has 150 valence electrons. The van der Waals surface area contributed by atoms with Crippen LogP contribution in [-0.2, 0) is 4.79 Å². The maximum absolute atomic E-state index is 12.9. The molecule has 4 rings (SSSR count). The third-order valence-corrected chi connectivity index (χ3v) is 5.27. The summed E-state index contributed by atoms with van der Waals surface area (Å²) in [6.07, 6.45) is 1.24. The highest BCUT2D eigenvalue weighted by atomic mass is 16.5. The Hall–Kier alpha value is -3.35. The van der Waals surface area contributed by atoms with E-state index in [9.17, 15) is 9.59 Å². The number of hydrogen-bond donors (Lipinski definition) is 2. The summed E-state index contributed by atoms with van der Waals surface area (Å²) < 4.78 is 5.57. The van der Waals surface area contributed by atoms with Crippen molar-refractivity contribution in [1.82, 2.24) is 15.1 Å². The summed E-state index contributed by atoms with van der Waals surface area (Å²) in [4.78, 5) is 27.4. The number of carbonyl (C=O) groups excluding carboxylic acids is 2. The Morgan fingerprint density at radius 1 is 1.14 bits per heavy atom. The Morgan fingerprint density at radius 3 is 2.66 bits per heavy atom. The normalized spacial score (nSPS) is 14.7. The summed E-state index contributed by atoms with van der Waals surface area (Å²) in [6, 6.07) is 15.0. The maximum Gasteiger partial charge on any atom is 0.274 e. The van der Waals surface area contributed by atoms with Crippen molar-refractivity contribution >= 4 is 28.4 Å². The molecule has 0 aliphatic carbocycles. The standard InChI is InChI=1S/C22H24N4O3/c1-2-29-19-10-6-5-9-18(19)23-21(27)15-11-13-26(14-12-15)22(28)20-16-7-3-4-8-17(16)24-25-20/h3-10,15H,2,11-14H2,1H3,(H,23,27)(H,24,25). The van der Waals surface area contributed by atoms with Crippen LogP contribution in [0.25, 0.3) is 10.9 Å². The van der Waals surface area contributed by atoms with E-state index >= 15 is 0 Å². The molecule has 1 saturated heterocycles. The molecular formula is C22H24N4O3. The number of aromatic nitrogens is 2. The van der Waals surface area contributed by atoms with Crippen LogP contribution < -0.4 is 10.1 Å². The predicted octanol–water partition coefficient (Wildman–Crippen LogP) is 3.45. The van der Waals surface area contributed by atoms with E-state index < -0.39 is 0 Å². The number of likely N-dealkylation sites (tertiary alicyclic amines) is 1. The number of aromatic amines is 1. The van der Waals surface area contributed by atoms with E-state index in [0.29, 0.717) is 49.7 Å². The van der Waals surface area contributed by atoms with Crippen LogP contribution in [0.1, 0.15) is 30.3 Å².